The predicted molar refractivity (Wildman–Crippen MR) is 52.3 cm³/mol. The highest BCUT2D eigenvalue weighted by molar-refractivity contribution is 5.76. The van der Waals surface area contributed by atoms with Crippen LogP contribution in [0.1, 0.15) is 13.8 Å². The van der Waals surface area contributed by atoms with Crippen LogP contribution in [0.3, 0.4) is 0 Å². The summed E-state index contributed by atoms with van der Waals surface area (Å²) < 4.78 is 0. The Kier molecular flexibility index (Phi) is 3.69. The summed E-state index contributed by atoms with van der Waals surface area (Å²) >= 11 is 0. The largest absolute Gasteiger partial charge is 0.369 e. The van der Waals surface area contributed by atoms with E-state index in [0.717, 1.165) is 19.6 Å². The van der Waals surface area contributed by atoms with Crippen molar-refractivity contribution in [3.05, 3.63) is 0 Å². The molecule has 13 heavy (non-hydrogen) atoms. The van der Waals surface area contributed by atoms with E-state index in [0.29, 0.717) is 18.5 Å². The number of nitrogens with one attached hydrogen (secondary N) is 1. The molecule has 1 amide bonds. The molecular formula is C9H19N3O. The van der Waals surface area contributed by atoms with Gasteiger partial charge in [-0.05, 0) is 5.92 Å². The van der Waals surface area contributed by atoms with Crippen molar-refractivity contribution in [3.8, 4) is 0 Å². The zero-order valence-corrected chi connectivity index (χ0v) is 8.42. The highest BCUT2D eigenvalue weighted by Crippen LogP contribution is 2.11. The second-order valence-corrected chi connectivity index (χ2v) is 3.95. The van der Waals surface area contributed by atoms with Gasteiger partial charge in [0.15, 0.2) is 0 Å². The number of piperazine rings is 1. The van der Waals surface area contributed by atoms with Gasteiger partial charge in [-0.25, -0.2) is 0 Å². The lowest BCUT2D eigenvalue weighted by Gasteiger charge is -2.37. The molecular weight excluding hydrogens is 166 g/mol. The fourth-order valence-electron chi connectivity index (χ4n) is 1.82. The Balaban J connectivity index is 2.51. The molecule has 0 spiro atoms. The fraction of sp³-hybridized carbons (Fsp3) is 0.889. The Bertz CT molecular complexity index is 182. The number of carbonyl (C=O) groups excluding carboxylic acids is 1. The first kappa shape index (κ1) is 10.5. The molecule has 76 valence electrons. The maximum absolute atomic E-state index is 10.8. The molecule has 0 aromatic carbocycles. The Morgan fingerprint density at radius 3 is 2.92 bits per heavy atom. The van der Waals surface area contributed by atoms with Gasteiger partial charge in [-0.15, -0.1) is 0 Å². The van der Waals surface area contributed by atoms with Gasteiger partial charge >= 0.3 is 0 Å². The van der Waals surface area contributed by atoms with Crippen LogP contribution in [-0.2, 0) is 4.79 Å². The normalized spacial score (nSPS) is 25.0. The maximum atomic E-state index is 10.8. The molecule has 1 aliphatic rings. The highest BCUT2D eigenvalue weighted by atomic mass is 16.1. The highest BCUT2D eigenvalue weighted by Gasteiger charge is 2.25. The number of amides is 1. The number of rotatable bonds is 3. The van der Waals surface area contributed by atoms with Crippen molar-refractivity contribution in [1.82, 2.24) is 10.2 Å². The minimum atomic E-state index is -0.229. The monoisotopic (exact) mass is 185 g/mol. The molecule has 0 aromatic rings. The third kappa shape index (κ3) is 2.97. The molecule has 3 N–H and O–H groups in total. The molecule has 1 heterocycles. The number of hydrogen-bond acceptors (Lipinski definition) is 3. The molecule has 0 aliphatic carbocycles. The number of hydrogen-bond donors (Lipinski definition) is 2. The van der Waals surface area contributed by atoms with Gasteiger partial charge in [-0.2, -0.15) is 0 Å². The lowest BCUT2D eigenvalue weighted by molar-refractivity contribution is -0.120. The molecule has 1 unspecified atom stereocenters. The molecule has 0 aromatic heterocycles. The Morgan fingerprint density at radius 1 is 1.69 bits per heavy atom. The van der Waals surface area contributed by atoms with Gasteiger partial charge < -0.3 is 11.1 Å². The third-order valence-corrected chi connectivity index (χ3v) is 2.53. The molecule has 0 saturated carbocycles. The molecule has 0 radical (unpaired) electrons. The van der Waals surface area contributed by atoms with Gasteiger partial charge in [0.05, 0.1) is 6.54 Å². The minimum Gasteiger partial charge on any atom is -0.369 e. The first-order valence-corrected chi connectivity index (χ1v) is 4.84. The Hall–Kier alpha value is -0.610. The molecule has 4 nitrogen and oxygen atoms in total. The summed E-state index contributed by atoms with van der Waals surface area (Å²) in [6, 6.07) is 0.446. The van der Waals surface area contributed by atoms with Crippen LogP contribution < -0.4 is 11.1 Å². The van der Waals surface area contributed by atoms with Crippen LogP contribution >= 0.6 is 0 Å². The first-order chi connectivity index (χ1) is 6.11. The summed E-state index contributed by atoms with van der Waals surface area (Å²) in [6.07, 6.45) is 0. The van der Waals surface area contributed by atoms with E-state index < -0.39 is 0 Å². The molecule has 1 atom stereocenters. The van der Waals surface area contributed by atoms with Gasteiger partial charge in [0.25, 0.3) is 0 Å². The third-order valence-electron chi connectivity index (χ3n) is 2.53. The average Bonchev–Trinajstić information content (AvgIpc) is 2.03. The molecule has 1 rings (SSSR count). The maximum Gasteiger partial charge on any atom is 0.231 e. The Morgan fingerprint density at radius 2 is 2.38 bits per heavy atom. The van der Waals surface area contributed by atoms with Crippen LogP contribution in [0.15, 0.2) is 0 Å². The van der Waals surface area contributed by atoms with Crippen molar-refractivity contribution in [3.63, 3.8) is 0 Å². The number of nitrogens with two attached hydrogens (primary N) is 1. The summed E-state index contributed by atoms with van der Waals surface area (Å²) in [6.45, 7) is 7.58. The smallest absolute Gasteiger partial charge is 0.231 e. The van der Waals surface area contributed by atoms with E-state index in [1.807, 2.05) is 0 Å². The number of primary amides is 1. The summed E-state index contributed by atoms with van der Waals surface area (Å²) in [5.74, 6) is 0.333. The van der Waals surface area contributed by atoms with Crippen molar-refractivity contribution >= 4 is 5.91 Å². The van der Waals surface area contributed by atoms with Crippen molar-refractivity contribution in [1.29, 1.82) is 0 Å². The number of carbonyl (C=O) groups is 1. The van der Waals surface area contributed by atoms with Crippen molar-refractivity contribution in [2.24, 2.45) is 11.7 Å². The van der Waals surface area contributed by atoms with E-state index in [9.17, 15) is 4.79 Å². The quantitative estimate of drug-likeness (QED) is 0.617. The van der Waals surface area contributed by atoms with Crippen molar-refractivity contribution in [2.75, 3.05) is 26.2 Å². The Labute approximate surface area is 79.5 Å². The van der Waals surface area contributed by atoms with Gasteiger partial charge in [-0.3, -0.25) is 9.69 Å². The van der Waals surface area contributed by atoms with Gasteiger partial charge in [-0.1, -0.05) is 13.8 Å². The summed E-state index contributed by atoms with van der Waals surface area (Å²) in [5, 5.41) is 3.33. The lowest BCUT2D eigenvalue weighted by Crippen LogP contribution is -2.55. The van der Waals surface area contributed by atoms with Crippen LogP contribution in [-0.4, -0.2) is 43.0 Å². The van der Waals surface area contributed by atoms with E-state index in [1.54, 1.807) is 0 Å². The molecule has 1 aliphatic heterocycles. The molecule has 0 bridgehead atoms. The van der Waals surface area contributed by atoms with E-state index in [2.05, 4.69) is 24.1 Å². The standard InChI is InChI=1S/C9H19N3O/c1-7(2)8-5-11-3-4-12(8)6-9(10)13/h7-8,11H,3-6H2,1-2H3,(H2,10,13). The van der Waals surface area contributed by atoms with E-state index >= 15 is 0 Å². The molecule has 1 fully saturated rings. The fourth-order valence-corrected chi connectivity index (χ4v) is 1.82. The first-order valence-electron chi connectivity index (χ1n) is 4.84. The minimum absolute atomic E-state index is 0.229. The SMILES string of the molecule is CC(C)C1CNCCN1CC(N)=O. The van der Waals surface area contributed by atoms with E-state index in [-0.39, 0.29) is 5.91 Å². The molecule has 1 saturated heterocycles. The zero-order valence-electron chi connectivity index (χ0n) is 8.42. The topological polar surface area (TPSA) is 58.4 Å². The molecule has 4 heteroatoms. The van der Waals surface area contributed by atoms with Crippen LogP contribution in [0.5, 0.6) is 0 Å². The number of nitrogens with zero attached hydrogens (tertiary/aromatic N) is 1. The van der Waals surface area contributed by atoms with Crippen LogP contribution in [0.25, 0.3) is 0 Å². The van der Waals surface area contributed by atoms with Gasteiger partial charge in [0.1, 0.15) is 0 Å². The van der Waals surface area contributed by atoms with Crippen LogP contribution in [0.2, 0.25) is 0 Å². The van der Waals surface area contributed by atoms with Gasteiger partial charge in [0.2, 0.25) is 5.91 Å². The van der Waals surface area contributed by atoms with Gasteiger partial charge in [0, 0.05) is 25.7 Å². The summed E-state index contributed by atoms with van der Waals surface area (Å²) in [7, 11) is 0. The van der Waals surface area contributed by atoms with Crippen molar-refractivity contribution < 1.29 is 4.79 Å². The van der Waals surface area contributed by atoms with Crippen molar-refractivity contribution in [2.45, 2.75) is 19.9 Å². The second kappa shape index (κ2) is 4.58. The van der Waals surface area contributed by atoms with Crippen LogP contribution in [0, 0.1) is 5.92 Å². The summed E-state index contributed by atoms with van der Waals surface area (Å²) in [5.41, 5.74) is 5.18. The average molecular weight is 185 g/mol. The van der Waals surface area contributed by atoms with E-state index in [1.165, 1.54) is 0 Å². The lowest BCUT2D eigenvalue weighted by atomic mass is 10.0. The van der Waals surface area contributed by atoms with E-state index in [4.69, 9.17) is 5.73 Å². The summed E-state index contributed by atoms with van der Waals surface area (Å²) in [4.78, 5) is 13.0. The predicted octanol–water partition coefficient (Wildman–Crippen LogP) is -0.598. The zero-order chi connectivity index (χ0) is 9.84. The second-order valence-electron chi connectivity index (χ2n) is 3.95. The van der Waals surface area contributed by atoms with Crippen LogP contribution in [0.4, 0.5) is 0 Å².